The first-order valence-corrected chi connectivity index (χ1v) is 5.94. The molecule has 5 nitrogen and oxygen atoms in total. The molecule has 0 aliphatic rings. The molecule has 0 aliphatic heterocycles. The van der Waals surface area contributed by atoms with Crippen molar-refractivity contribution in [2.45, 2.75) is 19.8 Å². The third-order valence-corrected chi connectivity index (χ3v) is 2.66. The molecule has 0 radical (unpaired) electrons. The minimum atomic E-state index is -1.12. The zero-order valence-electron chi connectivity index (χ0n) is 9.80. The maximum Gasteiger partial charge on any atom is 0.375 e. The van der Waals surface area contributed by atoms with Crippen molar-refractivity contribution in [2.75, 3.05) is 0 Å². The van der Waals surface area contributed by atoms with Crippen molar-refractivity contribution >= 4 is 17.6 Å². The lowest BCUT2D eigenvalue weighted by atomic mass is 10.3. The lowest BCUT2D eigenvalue weighted by Gasteiger charge is -2.04. The molecule has 0 unspecified atom stereocenters. The summed E-state index contributed by atoms with van der Waals surface area (Å²) in [6, 6.07) is 7.02. The molecule has 2 rings (SSSR count). The number of hydrogen-bond donors (Lipinski definition) is 1. The Morgan fingerprint density at radius 2 is 2.06 bits per heavy atom. The van der Waals surface area contributed by atoms with Crippen LogP contribution in [0.4, 0.5) is 0 Å². The van der Waals surface area contributed by atoms with Gasteiger partial charge in [0.05, 0.1) is 5.69 Å². The Hall–Kier alpha value is -1.88. The van der Waals surface area contributed by atoms with Gasteiger partial charge in [0.25, 0.3) is 5.82 Å². The van der Waals surface area contributed by atoms with Gasteiger partial charge in [-0.1, -0.05) is 18.5 Å². The number of benzene rings is 1. The van der Waals surface area contributed by atoms with Gasteiger partial charge in [-0.05, 0) is 30.7 Å². The van der Waals surface area contributed by atoms with Crippen molar-refractivity contribution in [1.82, 2.24) is 14.8 Å². The minimum absolute atomic E-state index is 0.187. The highest BCUT2D eigenvalue weighted by atomic mass is 35.5. The highest BCUT2D eigenvalue weighted by molar-refractivity contribution is 6.30. The van der Waals surface area contributed by atoms with Gasteiger partial charge >= 0.3 is 5.97 Å². The average molecular weight is 266 g/mol. The number of rotatable bonds is 4. The van der Waals surface area contributed by atoms with Crippen LogP contribution in [0, 0.1) is 0 Å². The second-order valence-corrected chi connectivity index (χ2v) is 4.23. The topological polar surface area (TPSA) is 68.0 Å². The summed E-state index contributed by atoms with van der Waals surface area (Å²) in [5.74, 6) is -0.675. The van der Waals surface area contributed by atoms with Gasteiger partial charge in [-0.3, -0.25) is 0 Å². The molecule has 1 N–H and O–H groups in total. The minimum Gasteiger partial charge on any atom is -0.475 e. The molecule has 0 bridgehead atoms. The van der Waals surface area contributed by atoms with Gasteiger partial charge in [-0.2, -0.15) is 0 Å². The molecule has 6 heteroatoms. The van der Waals surface area contributed by atoms with Crippen molar-refractivity contribution in [3.8, 4) is 5.69 Å². The van der Waals surface area contributed by atoms with Crippen molar-refractivity contribution in [2.24, 2.45) is 0 Å². The number of carboxylic acid groups (broad SMARTS) is 1. The number of aromatic carboxylic acids is 1. The predicted octanol–water partition coefficient (Wildman–Crippen LogP) is 2.57. The molecule has 1 aromatic carbocycles. The molecule has 1 heterocycles. The van der Waals surface area contributed by atoms with Gasteiger partial charge in [-0.25, -0.2) is 14.5 Å². The maximum atomic E-state index is 10.9. The van der Waals surface area contributed by atoms with E-state index in [1.54, 1.807) is 28.9 Å². The van der Waals surface area contributed by atoms with Gasteiger partial charge in [0.2, 0.25) is 0 Å². The van der Waals surface area contributed by atoms with E-state index in [-0.39, 0.29) is 5.82 Å². The zero-order chi connectivity index (χ0) is 13.1. The molecule has 0 amide bonds. The fraction of sp³-hybridized carbons (Fsp3) is 0.250. The lowest BCUT2D eigenvalue weighted by molar-refractivity contribution is 0.0683. The molecule has 0 saturated carbocycles. The van der Waals surface area contributed by atoms with E-state index >= 15 is 0 Å². The van der Waals surface area contributed by atoms with E-state index in [9.17, 15) is 4.79 Å². The maximum absolute atomic E-state index is 10.9. The van der Waals surface area contributed by atoms with Gasteiger partial charge < -0.3 is 5.11 Å². The quantitative estimate of drug-likeness (QED) is 0.922. The largest absolute Gasteiger partial charge is 0.475 e. The first kappa shape index (κ1) is 12.6. The molecule has 0 atom stereocenters. The number of carboxylic acids is 1. The van der Waals surface area contributed by atoms with Crippen molar-refractivity contribution in [3.05, 3.63) is 40.9 Å². The lowest BCUT2D eigenvalue weighted by Crippen LogP contribution is -2.03. The summed E-state index contributed by atoms with van der Waals surface area (Å²) in [5.41, 5.74) is 0.753. The summed E-state index contributed by atoms with van der Waals surface area (Å²) < 4.78 is 1.54. The van der Waals surface area contributed by atoms with Crippen molar-refractivity contribution in [3.63, 3.8) is 0 Å². The van der Waals surface area contributed by atoms with Crippen LogP contribution in [0.3, 0.4) is 0 Å². The molecule has 18 heavy (non-hydrogen) atoms. The van der Waals surface area contributed by atoms with Crippen LogP contribution in [0.15, 0.2) is 24.3 Å². The fourth-order valence-electron chi connectivity index (χ4n) is 1.61. The van der Waals surface area contributed by atoms with E-state index in [1.165, 1.54) is 0 Å². The second kappa shape index (κ2) is 5.18. The second-order valence-electron chi connectivity index (χ2n) is 3.80. The summed E-state index contributed by atoms with van der Waals surface area (Å²) in [7, 11) is 0. The van der Waals surface area contributed by atoms with E-state index in [4.69, 9.17) is 16.7 Å². The standard InChI is InChI=1S/C12H12ClN3O2/c1-2-3-10-14-11(12(17)18)15-16(10)9-6-4-8(13)5-7-9/h4-7H,2-3H2,1H3,(H,17,18). The molecular formula is C12H12ClN3O2. The number of aromatic nitrogens is 3. The van der Waals surface area contributed by atoms with Gasteiger partial charge in [0, 0.05) is 11.4 Å². The van der Waals surface area contributed by atoms with Gasteiger partial charge in [0.1, 0.15) is 5.82 Å². The Kier molecular flexibility index (Phi) is 3.62. The number of nitrogens with zero attached hydrogens (tertiary/aromatic N) is 3. The summed E-state index contributed by atoms with van der Waals surface area (Å²) in [6.07, 6.45) is 1.54. The number of carbonyl (C=O) groups is 1. The predicted molar refractivity (Wildman–Crippen MR) is 67.3 cm³/mol. The van der Waals surface area contributed by atoms with Crippen LogP contribution in [0.5, 0.6) is 0 Å². The number of halogens is 1. The monoisotopic (exact) mass is 265 g/mol. The highest BCUT2D eigenvalue weighted by Gasteiger charge is 2.15. The smallest absolute Gasteiger partial charge is 0.375 e. The van der Waals surface area contributed by atoms with Crippen LogP contribution in [-0.4, -0.2) is 25.8 Å². The number of aryl methyl sites for hydroxylation is 1. The van der Waals surface area contributed by atoms with E-state index in [1.807, 2.05) is 6.92 Å². The Morgan fingerprint density at radius 1 is 1.39 bits per heavy atom. The Bertz CT molecular complexity index is 563. The van der Waals surface area contributed by atoms with Crippen LogP contribution in [0.25, 0.3) is 5.69 Å². The molecular weight excluding hydrogens is 254 g/mol. The Labute approximate surface area is 109 Å². The van der Waals surface area contributed by atoms with Crippen LogP contribution >= 0.6 is 11.6 Å². The molecule has 0 aliphatic carbocycles. The van der Waals surface area contributed by atoms with E-state index < -0.39 is 5.97 Å². The molecule has 0 saturated heterocycles. The van der Waals surface area contributed by atoms with Crippen LogP contribution in [0.1, 0.15) is 29.8 Å². The molecule has 1 aromatic heterocycles. The van der Waals surface area contributed by atoms with Gasteiger partial charge in [0.15, 0.2) is 0 Å². The third kappa shape index (κ3) is 2.51. The van der Waals surface area contributed by atoms with E-state index in [0.717, 1.165) is 12.1 Å². The van der Waals surface area contributed by atoms with Crippen molar-refractivity contribution < 1.29 is 9.90 Å². The zero-order valence-corrected chi connectivity index (χ0v) is 10.6. The van der Waals surface area contributed by atoms with E-state index in [0.29, 0.717) is 17.3 Å². The highest BCUT2D eigenvalue weighted by Crippen LogP contribution is 2.15. The Morgan fingerprint density at radius 3 is 2.61 bits per heavy atom. The molecule has 0 fully saturated rings. The molecule has 2 aromatic rings. The van der Waals surface area contributed by atoms with Crippen LogP contribution in [-0.2, 0) is 6.42 Å². The SMILES string of the molecule is CCCc1nc(C(=O)O)nn1-c1ccc(Cl)cc1. The summed E-state index contributed by atoms with van der Waals surface area (Å²) >= 11 is 5.82. The average Bonchev–Trinajstić information content (AvgIpc) is 2.75. The normalized spacial score (nSPS) is 10.6. The summed E-state index contributed by atoms with van der Waals surface area (Å²) in [4.78, 5) is 14.9. The number of hydrogen-bond acceptors (Lipinski definition) is 3. The van der Waals surface area contributed by atoms with Crippen molar-refractivity contribution in [1.29, 1.82) is 0 Å². The Balaban J connectivity index is 2.47. The fourth-order valence-corrected chi connectivity index (χ4v) is 1.74. The third-order valence-electron chi connectivity index (χ3n) is 2.41. The summed E-state index contributed by atoms with van der Waals surface area (Å²) in [6.45, 7) is 2.00. The van der Waals surface area contributed by atoms with Crippen LogP contribution in [0.2, 0.25) is 5.02 Å². The molecule has 94 valence electrons. The van der Waals surface area contributed by atoms with E-state index in [2.05, 4.69) is 10.1 Å². The van der Waals surface area contributed by atoms with Crippen LogP contribution < -0.4 is 0 Å². The van der Waals surface area contributed by atoms with Gasteiger partial charge in [-0.15, -0.1) is 5.10 Å². The first-order valence-electron chi connectivity index (χ1n) is 5.57. The molecule has 0 spiro atoms. The summed E-state index contributed by atoms with van der Waals surface area (Å²) in [5, 5.41) is 13.5. The first-order chi connectivity index (χ1) is 8.61.